The maximum atomic E-state index is 12.7. The fourth-order valence-electron chi connectivity index (χ4n) is 3.17. The van der Waals surface area contributed by atoms with Crippen LogP contribution in [0.2, 0.25) is 0 Å². The van der Waals surface area contributed by atoms with Crippen molar-refractivity contribution < 1.29 is 23.8 Å². The molecule has 9 heteroatoms. The molecule has 2 aromatic carbocycles. The highest BCUT2D eigenvalue weighted by Crippen LogP contribution is 2.39. The summed E-state index contributed by atoms with van der Waals surface area (Å²) in [4.78, 5) is 25.2. The van der Waals surface area contributed by atoms with Gasteiger partial charge in [0.05, 0.1) is 25.5 Å². The first-order valence-corrected chi connectivity index (χ1v) is 10.8. The molecule has 0 fully saturated rings. The first-order chi connectivity index (χ1) is 16.0. The van der Waals surface area contributed by atoms with E-state index in [4.69, 9.17) is 14.2 Å². The maximum Gasteiger partial charge on any atom is 0.269 e. The fourth-order valence-corrected chi connectivity index (χ4v) is 3.17. The SMILES string of the molecule is CCOc1cc(C(=O)NNC(=O)c2ccc(-n3nccc3C)cc2)cc(OCC)c1OCC. The van der Waals surface area contributed by atoms with Crippen molar-refractivity contribution in [2.75, 3.05) is 19.8 Å². The lowest BCUT2D eigenvalue weighted by Crippen LogP contribution is -2.41. The predicted molar refractivity (Wildman–Crippen MR) is 123 cm³/mol. The molecule has 0 radical (unpaired) electrons. The number of amides is 2. The Labute approximate surface area is 192 Å². The number of carbonyl (C=O) groups excluding carboxylic acids is 2. The van der Waals surface area contributed by atoms with Gasteiger partial charge in [-0.3, -0.25) is 20.4 Å². The van der Waals surface area contributed by atoms with E-state index in [1.165, 1.54) is 0 Å². The van der Waals surface area contributed by atoms with Crippen LogP contribution in [0.25, 0.3) is 5.69 Å². The summed E-state index contributed by atoms with van der Waals surface area (Å²) in [5.74, 6) is 0.261. The van der Waals surface area contributed by atoms with Gasteiger partial charge in [-0.2, -0.15) is 5.10 Å². The standard InChI is InChI=1S/C24H28N4O5/c1-5-31-20-14-18(15-21(32-6-2)22(20)33-7-3)24(30)27-26-23(29)17-8-10-19(11-9-17)28-16(4)12-13-25-28/h8-15H,5-7H2,1-4H3,(H,26,29)(H,27,30). The molecule has 2 amide bonds. The second-order valence-electron chi connectivity index (χ2n) is 6.94. The average molecular weight is 453 g/mol. The zero-order valence-corrected chi connectivity index (χ0v) is 19.2. The highest BCUT2D eigenvalue weighted by atomic mass is 16.5. The number of hydrogen-bond donors (Lipinski definition) is 2. The van der Waals surface area contributed by atoms with Crippen molar-refractivity contribution in [2.24, 2.45) is 0 Å². The van der Waals surface area contributed by atoms with Gasteiger partial charge in [-0.05, 0) is 70.2 Å². The number of nitrogens with one attached hydrogen (secondary N) is 2. The summed E-state index contributed by atoms with van der Waals surface area (Å²) in [6.07, 6.45) is 1.71. The minimum absolute atomic E-state index is 0.259. The third-order valence-corrected chi connectivity index (χ3v) is 4.67. The van der Waals surface area contributed by atoms with E-state index < -0.39 is 11.8 Å². The lowest BCUT2D eigenvalue weighted by molar-refractivity contribution is 0.0846. The molecule has 0 aliphatic carbocycles. The minimum atomic E-state index is -0.517. The Hall–Kier alpha value is -4.01. The molecule has 174 valence electrons. The number of benzene rings is 2. The second-order valence-corrected chi connectivity index (χ2v) is 6.94. The molecule has 0 saturated carbocycles. The molecule has 0 aliphatic rings. The van der Waals surface area contributed by atoms with Crippen molar-refractivity contribution in [3.05, 3.63) is 65.5 Å². The number of hydrazine groups is 1. The van der Waals surface area contributed by atoms with E-state index >= 15 is 0 Å². The molecule has 0 saturated heterocycles. The van der Waals surface area contributed by atoms with Crippen molar-refractivity contribution in [3.63, 3.8) is 0 Å². The number of hydrogen-bond acceptors (Lipinski definition) is 6. The van der Waals surface area contributed by atoms with Crippen LogP contribution in [0.5, 0.6) is 17.2 Å². The van der Waals surface area contributed by atoms with Crippen molar-refractivity contribution in [2.45, 2.75) is 27.7 Å². The Morgan fingerprint density at radius 3 is 1.85 bits per heavy atom. The topological polar surface area (TPSA) is 104 Å². The van der Waals surface area contributed by atoms with Gasteiger partial charge in [0.2, 0.25) is 5.75 Å². The van der Waals surface area contributed by atoms with E-state index in [9.17, 15) is 9.59 Å². The average Bonchev–Trinajstić information content (AvgIpc) is 3.25. The zero-order chi connectivity index (χ0) is 23.8. The van der Waals surface area contributed by atoms with Crippen LogP contribution in [0.3, 0.4) is 0 Å². The molecular weight excluding hydrogens is 424 g/mol. The lowest BCUT2D eigenvalue weighted by Gasteiger charge is -2.17. The van der Waals surface area contributed by atoms with Crippen LogP contribution in [-0.2, 0) is 0 Å². The number of ether oxygens (including phenoxy) is 3. The highest BCUT2D eigenvalue weighted by molar-refractivity contribution is 5.99. The van der Waals surface area contributed by atoms with Crippen LogP contribution in [0, 0.1) is 6.92 Å². The number of aromatic nitrogens is 2. The lowest BCUT2D eigenvalue weighted by atomic mass is 10.1. The van der Waals surface area contributed by atoms with Crippen molar-refractivity contribution in [1.29, 1.82) is 0 Å². The Bertz CT molecular complexity index is 1080. The van der Waals surface area contributed by atoms with Gasteiger partial charge >= 0.3 is 0 Å². The number of rotatable bonds is 9. The van der Waals surface area contributed by atoms with Crippen LogP contribution in [0.1, 0.15) is 47.2 Å². The van der Waals surface area contributed by atoms with Crippen molar-refractivity contribution in [3.8, 4) is 22.9 Å². The van der Waals surface area contributed by atoms with E-state index in [2.05, 4.69) is 16.0 Å². The van der Waals surface area contributed by atoms with Crippen molar-refractivity contribution in [1.82, 2.24) is 20.6 Å². The summed E-state index contributed by atoms with van der Waals surface area (Å²) in [5, 5.41) is 4.24. The van der Waals surface area contributed by atoms with E-state index in [0.717, 1.165) is 11.4 Å². The third-order valence-electron chi connectivity index (χ3n) is 4.67. The van der Waals surface area contributed by atoms with E-state index in [0.29, 0.717) is 42.6 Å². The number of carbonyl (C=O) groups is 2. The maximum absolute atomic E-state index is 12.7. The van der Waals surface area contributed by atoms with Gasteiger partial charge in [-0.15, -0.1) is 0 Å². The quantitative estimate of drug-likeness (QED) is 0.482. The summed E-state index contributed by atoms with van der Waals surface area (Å²) >= 11 is 0. The molecule has 3 rings (SSSR count). The molecule has 1 aromatic heterocycles. The minimum Gasteiger partial charge on any atom is -0.490 e. The van der Waals surface area contributed by atoms with Crippen LogP contribution in [0.4, 0.5) is 0 Å². The Kier molecular flexibility index (Phi) is 7.91. The van der Waals surface area contributed by atoms with Crippen LogP contribution in [0.15, 0.2) is 48.7 Å². The zero-order valence-electron chi connectivity index (χ0n) is 19.2. The first kappa shape index (κ1) is 23.6. The largest absolute Gasteiger partial charge is 0.490 e. The molecule has 2 N–H and O–H groups in total. The Morgan fingerprint density at radius 1 is 0.818 bits per heavy atom. The molecule has 0 atom stereocenters. The van der Waals surface area contributed by atoms with Crippen LogP contribution >= 0.6 is 0 Å². The van der Waals surface area contributed by atoms with Gasteiger partial charge < -0.3 is 14.2 Å². The normalized spacial score (nSPS) is 10.4. The molecule has 0 spiro atoms. The predicted octanol–water partition coefficient (Wildman–Crippen LogP) is 3.45. The first-order valence-electron chi connectivity index (χ1n) is 10.8. The molecule has 0 bridgehead atoms. The van der Waals surface area contributed by atoms with Crippen LogP contribution in [-0.4, -0.2) is 41.4 Å². The Morgan fingerprint density at radius 2 is 1.36 bits per heavy atom. The monoisotopic (exact) mass is 452 g/mol. The molecule has 1 heterocycles. The molecule has 9 nitrogen and oxygen atoms in total. The van der Waals surface area contributed by atoms with Gasteiger partial charge in [-0.25, -0.2) is 4.68 Å². The van der Waals surface area contributed by atoms with Gasteiger partial charge in [0.25, 0.3) is 11.8 Å². The number of aryl methyl sites for hydroxylation is 1. The second kappa shape index (κ2) is 11.0. The third kappa shape index (κ3) is 5.62. The number of nitrogens with zero attached hydrogens (tertiary/aromatic N) is 2. The highest BCUT2D eigenvalue weighted by Gasteiger charge is 2.19. The van der Waals surface area contributed by atoms with Gasteiger partial charge in [0, 0.05) is 23.0 Å². The smallest absolute Gasteiger partial charge is 0.269 e. The molecule has 0 aliphatic heterocycles. The van der Waals surface area contributed by atoms with E-state index in [1.54, 1.807) is 47.3 Å². The summed E-state index contributed by atoms with van der Waals surface area (Å²) in [6, 6.07) is 11.9. The van der Waals surface area contributed by atoms with Gasteiger partial charge in [0.15, 0.2) is 11.5 Å². The van der Waals surface area contributed by atoms with Crippen LogP contribution < -0.4 is 25.1 Å². The fraction of sp³-hybridized carbons (Fsp3) is 0.292. The summed E-state index contributed by atoms with van der Waals surface area (Å²) in [5.41, 5.74) is 7.32. The molecule has 0 unspecified atom stereocenters. The summed E-state index contributed by atoms with van der Waals surface area (Å²) in [6.45, 7) is 8.66. The van der Waals surface area contributed by atoms with Gasteiger partial charge in [0.1, 0.15) is 0 Å². The molecule has 33 heavy (non-hydrogen) atoms. The summed E-state index contributed by atoms with van der Waals surface area (Å²) < 4.78 is 18.7. The van der Waals surface area contributed by atoms with Gasteiger partial charge in [-0.1, -0.05) is 0 Å². The van der Waals surface area contributed by atoms with Crippen molar-refractivity contribution >= 4 is 11.8 Å². The Balaban J connectivity index is 1.71. The molecule has 3 aromatic rings. The van der Waals surface area contributed by atoms with E-state index in [-0.39, 0.29) is 5.56 Å². The summed E-state index contributed by atoms with van der Waals surface area (Å²) in [7, 11) is 0. The van der Waals surface area contributed by atoms with E-state index in [1.807, 2.05) is 33.8 Å². The molecular formula is C24H28N4O5.